The van der Waals surface area contributed by atoms with Crippen LogP contribution < -0.4 is 10.1 Å². The molecule has 0 spiro atoms. The Hall–Kier alpha value is -1.47. The average molecular weight is 270 g/mol. The third-order valence-corrected chi connectivity index (χ3v) is 3.64. The molecule has 2 rings (SSSR count). The topological polar surface area (TPSA) is 73.6 Å². The molecule has 0 radical (unpaired) electrons. The van der Waals surface area contributed by atoms with Crippen molar-refractivity contribution in [2.75, 3.05) is 25.5 Å². The van der Waals surface area contributed by atoms with Crippen molar-refractivity contribution in [2.45, 2.75) is 5.37 Å². The third kappa shape index (κ3) is 3.78. The van der Waals surface area contributed by atoms with Crippen molar-refractivity contribution in [1.29, 1.82) is 0 Å². The molecule has 1 aliphatic rings. The van der Waals surface area contributed by atoms with Gasteiger partial charge in [-0.25, -0.2) is 0 Å². The maximum absolute atomic E-state index is 9.96. The Bertz CT molecular complexity index is 410. The van der Waals surface area contributed by atoms with Gasteiger partial charge in [-0.2, -0.15) is 0 Å². The largest absolute Gasteiger partial charge is 0.492 e. The number of hydrogen-bond donors (Lipinski definition) is 1. The van der Waals surface area contributed by atoms with E-state index in [2.05, 4.69) is 10.2 Å². The second-order valence-electron chi connectivity index (χ2n) is 3.68. The van der Waals surface area contributed by atoms with Gasteiger partial charge >= 0.3 is 0 Å². The fourth-order valence-corrected chi connectivity index (χ4v) is 2.72. The number of nitrogens with zero attached hydrogens (tertiary/aromatic N) is 1. The smallest absolute Gasteiger partial charge is 0.294 e. The number of benzene rings is 1. The van der Waals surface area contributed by atoms with Crippen molar-refractivity contribution in [2.24, 2.45) is 0 Å². The van der Waals surface area contributed by atoms with Crippen LogP contribution in [0.2, 0.25) is 0 Å². The van der Waals surface area contributed by atoms with Gasteiger partial charge in [0.25, 0.3) is 5.09 Å². The van der Waals surface area contributed by atoms with E-state index >= 15 is 0 Å². The summed E-state index contributed by atoms with van der Waals surface area (Å²) >= 11 is 1.86. The third-order valence-electron chi connectivity index (χ3n) is 2.43. The molecule has 1 unspecified atom stereocenters. The predicted octanol–water partition coefficient (Wildman–Crippen LogP) is 1.61. The van der Waals surface area contributed by atoms with Crippen molar-refractivity contribution < 1.29 is 14.7 Å². The molecule has 6 nitrogen and oxygen atoms in total. The Kier molecular flexibility index (Phi) is 4.66. The van der Waals surface area contributed by atoms with Crippen molar-refractivity contribution in [3.63, 3.8) is 0 Å². The monoisotopic (exact) mass is 270 g/mol. The number of hydrogen-bond acceptors (Lipinski definition) is 6. The van der Waals surface area contributed by atoms with Crippen LogP contribution in [0.15, 0.2) is 24.3 Å². The maximum atomic E-state index is 9.96. The van der Waals surface area contributed by atoms with E-state index in [0.717, 1.165) is 17.9 Å². The van der Waals surface area contributed by atoms with E-state index < -0.39 is 5.09 Å². The first-order valence-corrected chi connectivity index (χ1v) is 6.65. The van der Waals surface area contributed by atoms with Gasteiger partial charge in [-0.15, -0.1) is 21.9 Å². The van der Waals surface area contributed by atoms with Crippen LogP contribution in [0.25, 0.3) is 0 Å². The summed E-state index contributed by atoms with van der Waals surface area (Å²) in [5, 5.41) is 12.8. The molecule has 1 heterocycles. The van der Waals surface area contributed by atoms with Crippen LogP contribution in [-0.2, 0) is 4.84 Å². The van der Waals surface area contributed by atoms with Crippen molar-refractivity contribution in [3.8, 4) is 5.75 Å². The Balaban J connectivity index is 1.85. The lowest BCUT2D eigenvalue weighted by Crippen LogP contribution is -2.13. The first-order chi connectivity index (χ1) is 8.75. The zero-order valence-electron chi connectivity index (χ0n) is 9.70. The molecule has 1 fully saturated rings. The Morgan fingerprint density at radius 2 is 2.39 bits per heavy atom. The molecular weight excluding hydrogens is 256 g/mol. The van der Waals surface area contributed by atoms with E-state index in [-0.39, 0.29) is 13.2 Å². The highest BCUT2D eigenvalue weighted by Crippen LogP contribution is 2.31. The summed E-state index contributed by atoms with van der Waals surface area (Å²) in [6.45, 7) is 1.11. The zero-order valence-corrected chi connectivity index (χ0v) is 10.5. The molecule has 1 aromatic carbocycles. The van der Waals surface area contributed by atoms with Crippen molar-refractivity contribution in [1.82, 2.24) is 5.32 Å². The van der Waals surface area contributed by atoms with Gasteiger partial charge in [-0.1, -0.05) is 12.1 Å². The summed E-state index contributed by atoms with van der Waals surface area (Å²) in [7, 11) is 0. The minimum atomic E-state index is -0.821. The molecule has 0 saturated carbocycles. The molecule has 0 bridgehead atoms. The Morgan fingerprint density at radius 3 is 3.11 bits per heavy atom. The average Bonchev–Trinajstić information content (AvgIpc) is 2.89. The lowest BCUT2D eigenvalue weighted by Gasteiger charge is -2.12. The second kappa shape index (κ2) is 6.46. The lowest BCUT2D eigenvalue weighted by molar-refractivity contribution is -0.757. The molecule has 0 aromatic heterocycles. The molecule has 0 amide bonds. The standard InChI is InChI=1S/C11H14N2O4S/c14-13(15)17-6-5-16-10-3-1-2-9(8-10)11-12-4-7-18-11/h1-3,8,11-12H,4-7H2. The predicted molar refractivity (Wildman–Crippen MR) is 68.1 cm³/mol. The molecule has 1 aromatic rings. The number of nitrogens with one attached hydrogen (secondary N) is 1. The molecule has 18 heavy (non-hydrogen) atoms. The first-order valence-electron chi connectivity index (χ1n) is 5.61. The van der Waals surface area contributed by atoms with Gasteiger partial charge < -0.3 is 14.9 Å². The summed E-state index contributed by atoms with van der Waals surface area (Å²) in [5.41, 5.74) is 1.16. The van der Waals surface area contributed by atoms with E-state index in [1.54, 1.807) is 0 Å². The number of rotatable bonds is 6. The summed E-state index contributed by atoms with van der Waals surface area (Å²) in [6, 6.07) is 7.73. The van der Waals surface area contributed by atoms with Crippen LogP contribution in [0.5, 0.6) is 5.75 Å². The second-order valence-corrected chi connectivity index (χ2v) is 4.90. The van der Waals surface area contributed by atoms with E-state index in [1.165, 1.54) is 0 Å². The van der Waals surface area contributed by atoms with E-state index in [9.17, 15) is 10.1 Å². The summed E-state index contributed by atoms with van der Waals surface area (Å²) in [4.78, 5) is 14.1. The normalized spacial score (nSPS) is 18.6. The molecule has 0 aliphatic carbocycles. The molecule has 1 N–H and O–H groups in total. The van der Waals surface area contributed by atoms with Gasteiger partial charge in [-0.3, -0.25) is 0 Å². The minimum absolute atomic E-state index is 0.0618. The zero-order chi connectivity index (χ0) is 12.8. The Morgan fingerprint density at radius 1 is 1.50 bits per heavy atom. The highest BCUT2D eigenvalue weighted by atomic mass is 32.2. The highest BCUT2D eigenvalue weighted by molar-refractivity contribution is 7.99. The van der Waals surface area contributed by atoms with Crippen LogP contribution >= 0.6 is 11.8 Å². The maximum Gasteiger partial charge on any atom is 0.294 e. The molecule has 1 aliphatic heterocycles. The van der Waals surface area contributed by atoms with E-state index in [1.807, 2.05) is 36.0 Å². The van der Waals surface area contributed by atoms with Crippen molar-refractivity contribution >= 4 is 11.8 Å². The van der Waals surface area contributed by atoms with Gasteiger partial charge in [0.2, 0.25) is 0 Å². The van der Waals surface area contributed by atoms with Gasteiger partial charge in [0.1, 0.15) is 19.0 Å². The number of ether oxygens (including phenoxy) is 1. The van der Waals surface area contributed by atoms with Crippen LogP contribution in [-0.4, -0.2) is 30.6 Å². The first kappa shape index (κ1) is 13.0. The fraction of sp³-hybridized carbons (Fsp3) is 0.455. The Labute approximate surface area is 109 Å². The summed E-state index contributed by atoms with van der Waals surface area (Å²) in [5.74, 6) is 1.81. The highest BCUT2D eigenvalue weighted by Gasteiger charge is 2.16. The fourth-order valence-electron chi connectivity index (χ4n) is 1.68. The quantitative estimate of drug-likeness (QED) is 0.481. The molecule has 98 valence electrons. The van der Waals surface area contributed by atoms with E-state index in [4.69, 9.17) is 4.74 Å². The minimum Gasteiger partial charge on any atom is -0.492 e. The van der Waals surface area contributed by atoms with Crippen LogP contribution in [0, 0.1) is 10.1 Å². The molecular formula is C11H14N2O4S. The SMILES string of the molecule is O=[N+]([O-])OCCOc1cccc(C2NCCS2)c1. The van der Waals surface area contributed by atoms with Crippen LogP contribution in [0.1, 0.15) is 10.9 Å². The van der Waals surface area contributed by atoms with Gasteiger partial charge in [-0.05, 0) is 17.7 Å². The number of thioether (sulfide) groups is 1. The van der Waals surface area contributed by atoms with E-state index in [0.29, 0.717) is 11.1 Å². The van der Waals surface area contributed by atoms with Gasteiger partial charge in [0.15, 0.2) is 0 Å². The van der Waals surface area contributed by atoms with Crippen LogP contribution in [0.3, 0.4) is 0 Å². The summed E-state index contributed by atoms with van der Waals surface area (Å²) < 4.78 is 5.39. The lowest BCUT2D eigenvalue weighted by atomic mass is 10.2. The van der Waals surface area contributed by atoms with Crippen LogP contribution in [0.4, 0.5) is 0 Å². The molecule has 1 saturated heterocycles. The molecule has 7 heteroatoms. The van der Waals surface area contributed by atoms with Gasteiger partial charge in [0, 0.05) is 12.3 Å². The van der Waals surface area contributed by atoms with Gasteiger partial charge in [0.05, 0.1) is 5.37 Å². The summed E-state index contributed by atoms with van der Waals surface area (Å²) in [6.07, 6.45) is 0. The molecule has 1 atom stereocenters. The van der Waals surface area contributed by atoms with Crippen molar-refractivity contribution in [3.05, 3.63) is 39.9 Å².